The summed E-state index contributed by atoms with van der Waals surface area (Å²) in [5.74, 6) is 0. The fourth-order valence-corrected chi connectivity index (χ4v) is 2.61. The summed E-state index contributed by atoms with van der Waals surface area (Å²) in [6.45, 7) is 3.02. The van der Waals surface area contributed by atoms with E-state index in [1.807, 2.05) is 12.1 Å². The van der Waals surface area contributed by atoms with E-state index < -0.39 is 10.0 Å². The van der Waals surface area contributed by atoms with Gasteiger partial charge in [0.2, 0.25) is 10.0 Å². The maximum absolute atomic E-state index is 11.1. The van der Waals surface area contributed by atoms with Gasteiger partial charge in [-0.25, -0.2) is 13.6 Å². The van der Waals surface area contributed by atoms with Crippen molar-refractivity contribution in [3.63, 3.8) is 0 Å². The monoisotopic (exact) mass is 269 g/mol. The SMILES string of the molecule is NS(=O)(=O)c1ccc(CCNC2CCNC2)cc1. The van der Waals surface area contributed by atoms with Crippen molar-refractivity contribution in [3.05, 3.63) is 29.8 Å². The highest BCUT2D eigenvalue weighted by molar-refractivity contribution is 7.89. The topological polar surface area (TPSA) is 84.2 Å². The minimum Gasteiger partial charge on any atom is -0.315 e. The van der Waals surface area contributed by atoms with Crippen LogP contribution in [0.15, 0.2) is 29.2 Å². The van der Waals surface area contributed by atoms with Crippen molar-refractivity contribution in [2.45, 2.75) is 23.8 Å². The number of rotatable bonds is 5. The van der Waals surface area contributed by atoms with Crippen LogP contribution >= 0.6 is 0 Å². The molecule has 0 radical (unpaired) electrons. The molecule has 1 aromatic rings. The van der Waals surface area contributed by atoms with E-state index >= 15 is 0 Å². The first-order valence-electron chi connectivity index (χ1n) is 6.11. The first kappa shape index (κ1) is 13.5. The zero-order valence-corrected chi connectivity index (χ0v) is 11.0. The van der Waals surface area contributed by atoms with Crippen molar-refractivity contribution in [2.75, 3.05) is 19.6 Å². The second-order valence-corrected chi connectivity index (χ2v) is 6.14. The molecule has 1 aromatic carbocycles. The summed E-state index contributed by atoms with van der Waals surface area (Å²) in [5, 5.41) is 11.8. The van der Waals surface area contributed by atoms with Crippen molar-refractivity contribution in [1.82, 2.24) is 10.6 Å². The zero-order valence-electron chi connectivity index (χ0n) is 10.2. The summed E-state index contributed by atoms with van der Waals surface area (Å²) in [5.41, 5.74) is 1.11. The molecule has 0 spiro atoms. The molecule has 1 unspecified atom stereocenters. The minimum atomic E-state index is -3.58. The van der Waals surface area contributed by atoms with E-state index in [1.54, 1.807) is 12.1 Å². The lowest BCUT2D eigenvalue weighted by Crippen LogP contribution is -2.32. The van der Waals surface area contributed by atoms with Gasteiger partial charge >= 0.3 is 0 Å². The Kier molecular flexibility index (Phi) is 4.34. The maximum atomic E-state index is 11.1. The van der Waals surface area contributed by atoms with Gasteiger partial charge in [0.1, 0.15) is 0 Å². The molecule has 0 aromatic heterocycles. The standard InChI is InChI=1S/C12H19N3O2S/c13-18(16,17)12-3-1-10(2-4-12)5-8-15-11-6-7-14-9-11/h1-4,11,14-15H,5-9H2,(H2,13,16,17). The normalized spacial score (nSPS) is 20.2. The maximum Gasteiger partial charge on any atom is 0.238 e. The van der Waals surface area contributed by atoms with Crippen LogP contribution in [0.2, 0.25) is 0 Å². The Morgan fingerprint density at radius 3 is 2.61 bits per heavy atom. The molecule has 1 aliphatic rings. The number of nitrogens with two attached hydrogens (primary N) is 1. The quantitative estimate of drug-likeness (QED) is 0.693. The first-order chi connectivity index (χ1) is 8.55. The number of hydrogen-bond donors (Lipinski definition) is 3. The van der Waals surface area contributed by atoms with Gasteiger partial charge < -0.3 is 10.6 Å². The molecule has 1 heterocycles. The third-order valence-electron chi connectivity index (χ3n) is 3.16. The van der Waals surface area contributed by atoms with Gasteiger partial charge in [0.05, 0.1) is 4.90 Å². The van der Waals surface area contributed by atoms with Crippen LogP contribution in [0.1, 0.15) is 12.0 Å². The number of nitrogens with one attached hydrogen (secondary N) is 2. The molecule has 1 saturated heterocycles. The van der Waals surface area contributed by atoms with E-state index in [0.29, 0.717) is 6.04 Å². The van der Waals surface area contributed by atoms with E-state index in [0.717, 1.165) is 31.6 Å². The Morgan fingerprint density at radius 1 is 1.33 bits per heavy atom. The average molecular weight is 269 g/mol. The fourth-order valence-electron chi connectivity index (χ4n) is 2.10. The Balaban J connectivity index is 1.83. The molecule has 6 heteroatoms. The second-order valence-electron chi connectivity index (χ2n) is 4.58. The molecule has 4 N–H and O–H groups in total. The molecule has 0 bridgehead atoms. The molecule has 0 saturated carbocycles. The first-order valence-corrected chi connectivity index (χ1v) is 7.66. The third-order valence-corrected chi connectivity index (χ3v) is 4.09. The van der Waals surface area contributed by atoms with Crippen LogP contribution in [-0.2, 0) is 16.4 Å². The summed E-state index contributed by atoms with van der Waals surface area (Å²) < 4.78 is 22.2. The molecule has 18 heavy (non-hydrogen) atoms. The van der Waals surface area contributed by atoms with Crippen molar-refractivity contribution >= 4 is 10.0 Å². The van der Waals surface area contributed by atoms with Crippen molar-refractivity contribution < 1.29 is 8.42 Å². The van der Waals surface area contributed by atoms with E-state index in [-0.39, 0.29) is 4.90 Å². The van der Waals surface area contributed by atoms with E-state index in [9.17, 15) is 8.42 Å². The lowest BCUT2D eigenvalue weighted by Gasteiger charge is -2.10. The second kappa shape index (κ2) is 5.79. The molecule has 100 valence electrons. The highest BCUT2D eigenvalue weighted by Crippen LogP contribution is 2.09. The Morgan fingerprint density at radius 2 is 2.06 bits per heavy atom. The highest BCUT2D eigenvalue weighted by Gasteiger charge is 2.12. The largest absolute Gasteiger partial charge is 0.315 e. The minimum absolute atomic E-state index is 0.166. The highest BCUT2D eigenvalue weighted by atomic mass is 32.2. The van der Waals surface area contributed by atoms with Crippen LogP contribution in [-0.4, -0.2) is 34.1 Å². The molecule has 1 atom stereocenters. The molecule has 1 aliphatic heterocycles. The molecule has 1 fully saturated rings. The summed E-state index contributed by atoms with van der Waals surface area (Å²) >= 11 is 0. The average Bonchev–Trinajstić information content (AvgIpc) is 2.82. The number of hydrogen-bond acceptors (Lipinski definition) is 4. The van der Waals surface area contributed by atoms with Crippen molar-refractivity contribution in [2.24, 2.45) is 5.14 Å². The summed E-state index contributed by atoms with van der Waals surface area (Å²) in [7, 11) is -3.58. The van der Waals surface area contributed by atoms with E-state index in [2.05, 4.69) is 10.6 Å². The van der Waals surface area contributed by atoms with Crippen LogP contribution in [0.5, 0.6) is 0 Å². The molecule has 2 rings (SSSR count). The number of sulfonamides is 1. The Hall–Kier alpha value is -0.950. The van der Waals surface area contributed by atoms with Crippen LogP contribution in [0.25, 0.3) is 0 Å². The van der Waals surface area contributed by atoms with E-state index in [1.165, 1.54) is 6.42 Å². The van der Waals surface area contributed by atoms with Crippen LogP contribution in [0.3, 0.4) is 0 Å². The summed E-state index contributed by atoms with van der Waals surface area (Å²) in [6, 6.07) is 7.31. The fraction of sp³-hybridized carbons (Fsp3) is 0.500. The third kappa shape index (κ3) is 3.78. The Labute approximate surface area is 108 Å². The number of primary sulfonamides is 1. The van der Waals surface area contributed by atoms with E-state index in [4.69, 9.17) is 5.14 Å². The zero-order chi connectivity index (χ0) is 13.0. The molecular weight excluding hydrogens is 250 g/mol. The molecular formula is C12H19N3O2S. The van der Waals surface area contributed by atoms with Gasteiger partial charge in [-0.1, -0.05) is 12.1 Å². The van der Waals surface area contributed by atoms with Gasteiger partial charge in [0.25, 0.3) is 0 Å². The lowest BCUT2D eigenvalue weighted by atomic mass is 10.1. The van der Waals surface area contributed by atoms with Gasteiger partial charge in [-0.3, -0.25) is 0 Å². The van der Waals surface area contributed by atoms with Gasteiger partial charge in [-0.05, 0) is 43.6 Å². The van der Waals surface area contributed by atoms with Gasteiger partial charge in [-0.15, -0.1) is 0 Å². The van der Waals surface area contributed by atoms with Crippen LogP contribution in [0, 0.1) is 0 Å². The lowest BCUT2D eigenvalue weighted by molar-refractivity contribution is 0.550. The summed E-state index contributed by atoms with van der Waals surface area (Å²) in [4.78, 5) is 0.166. The van der Waals surface area contributed by atoms with Crippen LogP contribution in [0.4, 0.5) is 0 Å². The number of benzene rings is 1. The van der Waals surface area contributed by atoms with Gasteiger partial charge in [0, 0.05) is 12.6 Å². The van der Waals surface area contributed by atoms with Crippen molar-refractivity contribution in [1.29, 1.82) is 0 Å². The Bertz CT molecular complexity index is 479. The van der Waals surface area contributed by atoms with Gasteiger partial charge in [-0.2, -0.15) is 0 Å². The predicted octanol–water partition coefficient (Wildman–Crippen LogP) is -0.172. The van der Waals surface area contributed by atoms with Gasteiger partial charge in [0.15, 0.2) is 0 Å². The smallest absolute Gasteiger partial charge is 0.238 e. The predicted molar refractivity (Wildman–Crippen MR) is 70.8 cm³/mol. The molecule has 0 amide bonds. The molecule has 0 aliphatic carbocycles. The van der Waals surface area contributed by atoms with Crippen molar-refractivity contribution in [3.8, 4) is 0 Å². The molecule has 5 nitrogen and oxygen atoms in total. The summed E-state index contributed by atoms with van der Waals surface area (Å²) in [6.07, 6.45) is 2.06. The van der Waals surface area contributed by atoms with Crippen LogP contribution < -0.4 is 15.8 Å².